The van der Waals surface area contributed by atoms with Gasteiger partial charge in [-0.05, 0) is 50.8 Å². The van der Waals surface area contributed by atoms with Crippen molar-refractivity contribution in [3.05, 3.63) is 23.4 Å². The highest BCUT2D eigenvalue weighted by Crippen LogP contribution is 2.24. The molecule has 0 aromatic carbocycles. The summed E-state index contributed by atoms with van der Waals surface area (Å²) in [4.78, 5) is 4.72. The fourth-order valence-corrected chi connectivity index (χ4v) is 2.72. The Morgan fingerprint density at radius 3 is 3.12 bits per heavy atom. The third-order valence-electron chi connectivity index (χ3n) is 3.73. The van der Waals surface area contributed by atoms with Gasteiger partial charge in [-0.2, -0.15) is 0 Å². The number of anilines is 1. The highest BCUT2D eigenvalue weighted by atomic mass is 15.1. The van der Waals surface area contributed by atoms with Crippen LogP contribution in [0.4, 0.5) is 5.82 Å². The third kappa shape index (κ3) is 1.80. The maximum absolute atomic E-state index is 4.72. The first-order valence-corrected chi connectivity index (χ1v) is 6.23. The van der Waals surface area contributed by atoms with Gasteiger partial charge in [0.2, 0.25) is 0 Å². The van der Waals surface area contributed by atoms with E-state index in [0.717, 1.165) is 25.3 Å². The lowest BCUT2D eigenvalue weighted by molar-refractivity contribution is 0.564. The van der Waals surface area contributed by atoms with Gasteiger partial charge >= 0.3 is 0 Å². The van der Waals surface area contributed by atoms with E-state index in [-0.39, 0.29) is 5.54 Å². The quantitative estimate of drug-likeness (QED) is 0.792. The third-order valence-corrected chi connectivity index (χ3v) is 3.73. The van der Waals surface area contributed by atoms with E-state index in [1.54, 1.807) is 0 Å². The molecule has 1 aromatic heterocycles. The van der Waals surface area contributed by atoms with E-state index in [9.17, 15) is 0 Å². The minimum absolute atomic E-state index is 0.180. The van der Waals surface area contributed by atoms with Crippen molar-refractivity contribution in [2.75, 3.05) is 18.4 Å². The molecule has 2 N–H and O–H groups in total. The molecule has 1 unspecified atom stereocenters. The van der Waals surface area contributed by atoms with Crippen molar-refractivity contribution in [1.29, 1.82) is 0 Å². The van der Waals surface area contributed by atoms with Crippen LogP contribution >= 0.6 is 0 Å². The summed E-state index contributed by atoms with van der Waals surface area (Å²) in [7, 11) is 0. The largest absolute Gasteiger partial charge is 0.364 e. The van der Waals surface area contributed by atoms with Crippen molar-refractivity contribution >= 4 is 5.82 Å². The Balaban J connectivity index is 1.80. The SMILES string of the molecule is CC1(Nc2ccc3c(n2)CCC3)CCNC1. The second kappa shape index (κ2) is 3.74. The Labute approximate surface area is 96.7 Å². The van der Waals surface area contributed by atoms with E-state index in [2.05, 4.69) is 29.7 Å². The first-order chi connectivity index (χ1) is 7.75. The zero-order valence-electron chi connectivity index (χ0n) is 9.84. The molecule has 3 nitrogen and oxygen atoms in total. The van der Waals surface area contributed by atoms with E-state index < -0.39 is 0 Å². The van der Waals surface area contributed by atoms with Crippen molar-refractivity contribution in [3.63, 3.8) is 0 Å². The molecule has 86 valence electrons. The van der Waals surface area contributed by atoms with Gasteiger partial charge in [-0.1, -0.05) is 6.07 Å². The fourth-order valence-electron chi connectivity index (χ4n) is 2.72. The number of hydrogen-bond donors (Lipinski definition) is 2. The lowest BCUT2D eigenvalue weighted by Gasteiger charge is -2.25. The maximum Gasteiger partial charge on any atom is 0.126 e. The van der Waals surface area contributed by atoms with Gasteiger partial charge in [0.05, 0.1) is 0 Å². The summed E-state index contributed by atoms with van der Waals surface area (Å²) >= 11 is 0. The first-order valence-electron chi connectivity index (χ1n) is 6.23. The summed E-state index contributed by atoms with van der Waals surface area (Å²) in [5, 5.41) is 6.97. The van der Waals surface area contributed by atoms with E-state index >= 15 is 0 Å². The molecule has 16 heavy (non-hydrogen) atoms. The molecule has 1 aliphatic heterocycles. The smallest absolute Gasteiger partial charge is 0.126 e. The summed E-state index contributed by atoms with van der Waals surface area (Å²) in [5.41, 5.74) is 2.93. The Morgan fingerprint density at radius 2 is 2.31 bits per heavy atom. The van der Waals surface area contributed by atoms with Gasteiger partial charge in [0, 0.05) is 17.8 Å². The minimum atomic E-state index is 0.180. The molecule has 3 heteroatoms. The lowest BCUT2D eigenvalue weighted by atomic mass is 10.0. The van der Waals surface area contributed by atoms with Crippen LogP contribution < -0.4 is 10.6 Å². The number of fused-ring (bicyclic) bond motifs is 1. The molecule has 1 atom stereocenters. The van der Waals surface area contributed by atoms with Crippen LogP contribution in [0.1, 0.15) is 31.0 Å². The molecule has 2 heterocycles. The van der Waals surface area contributed by atoms with Crippen LogP contribution in [0.3, 0.4) is 0 Å². The average Bonchev–Trinajstić information content (AvgIpc) is 2.86. The van der Waals surface area contributed by atoms with E-state index in [0.29, 0.717) is 0 Å². The molecule has 2 aliphatic rings. The second-order valence-electron chi connectivity index (χ2n) is 5.27. The highest BCUT2D eigenvalue weighted by Gasteiger charge is 2.28. The number of pyridine rings is 1. The molecule has 0 spiro atoms. The Hall–Kier alpha value is -1.09. The number of nitrogens with zero attached hydrogens (tertiary/aromatic N) is 1. The zero-order chi connectivity index (χ0) is 11.0. The van der Waals surface area contributed by atoms with E-state index in [1.165, 1.54) is 30.5 Å². The minimum Gasteiger partial charge on any atom is -0.364 e. The van der Waals surface area contributed by atoms with Gasteiger partial charge in [0.1, 0.15) is 5.82 Å². The predicted molar refractivity (Wildman–Crippen MR) is 65.8 cm³/mol. The Morgan fingerprint density at radius 1 is 1.38 bits per heavy atom. The van der Waals surface area contributed by atoms with E-state index in [4.69, 9.17) is 4.98 Å². The molecule has 1 fully saturated rings. The summed E-state index contributed by atoms with van der Waals surface area (Å²) in [5.74, 6) is 1.05. The Kier molecular flexibility index (Phi) is 2.36. The summed E-state index contributed by atoms with van der Waals surface area (Å²) in [6.07, 6.45) is 4.80. The highest BCUT2D eigenvalue weighted by molar-refractivity contribution is 5.42. The standard InChI is InChI=1S/C13H19N3/c1-13(7-8-14-9-13)16-12-6-5-10-3-2-4-11(10)15-12/h5-6,14H,2-4,7-9H2,1H3,(H,15,16). The molecule has 1 aliphatic carbocycles. The van der Waals surface area contributed by atoms with Gasteiger partial charge < -0.3 is 10.6 Å². The number of rotatable bonds is 2. The van der Waals surface area contributed by atoms with Crippen LogP contribution in [-0.4, -0.2) is 23.6 Å². The molecule has 0 bridgehead atoms. The van der Waals surface area contributed by atoms with Crippen molar-refractivity contribution in [1.82, 2.24) is 10.3 Å². The van der Waals surface area contributed by atoms with Crippen LogP contribution in [0.15, 0.2) is 12.1 Å². The molecule has 0 radical (unpaired) electrons. The van der Waals surface area contributed by atoms with Gasteiger partial charge in [0.25, 0.3) is 0 Å². The lowest BCUT2D eigenvalue weighted by Crippen LogP contribution is -2.37. The monoisotopic (exact) mass is 217 g/mol. The number of aryl methyl sites for hydroxylation is 2. The molecule has 1 saturated heterocycles. The fraction of sp³-hybridized carbons (Fsp3) is 0.615. The predicted octanol–water partition coefficient (Wildman–Crippen LogP) is 1.73. The zero-order valence-corrected chi connectivity index (χ0v) is 9.84. The summed E-state index contributed by atoms with van der Waals surface area (Å²) in [6, 6.07) is 4.37. The topological polar surface area (TPSA) is 37.0 Å². The normalized spacial score (nSPS) is 28.1. The average molecular weight is 217 g/mol. The molecule has 0 saturated carbocycles. The van der Waals surface area contributed by atoms with Crippen molar-refractivity contribution < 1.29 is 0 Å². The second-order valence-corrected chi connectivity index (χ2v) is 5.27. The van der Waals surface area contributed by atoms with Crippen LogP contribution in [0.5, 0.6) is 0 Å². The number of hydrogen-bond acceptors (Lipinski definition) is 3. The molecule has 1 aromatic rings. The van der Waals surface area contributed by atoms with Gasteiger partial charge in [-0.25, -0.2) is 4.98 Å². The maximum atomic E-state index is 4.72. The van der Waals surface area contributed by atoms with Crippen molar-refractivity contribution in [3.8, 4) is 0 Å². The van der Waals surface area contributed by atoms with Gasteiger partial charge in [-0.15, -0.1) is 0 Å². The van der Waals surface area contributed by atoms with Crippen LogP contribution in [0.25, 0.3) is 0 Å². The summed E-state index contributed by atoms with van der Waals surface area (Å²) < 4.78 is 0. The van der Waals surface area contributed by atoms with Crippen LogP contribution in [-0.2, 0) is 12.8 Å². The molecule has 0 amide bonds. The van der Waals surface area contributed by atoms with Crippen molar-refractivity contribution in [2.45, 2.75) is 38.1 Å². The summed E-state index contributed by atoms with van der Waals surface area (Å²) in [6.45, 7) is 4.40. The molecular formula is C13H19N3. The van der Waals surface area contributed by atoms with Crippen LogP contribution in [0, 0.1) is 0 Å². The first kappa shape index (κ1) is 10.1. The van der Waals surface area contributed by atoms with Gasteiger partial charge in [-0.3, -0.25) is 0 Å². The van der Waals surface area contributed by atoms with Gasteiger partial charge in [0.15, 0.2) is 0 Å². The Bertz CT molecular complexity index is 394. The van der Waals surface area contributed by atoms with Crippen molar-refractivity contribution in [2.24, 2.45) is 0 Å². The van der Waals surface area contributed by atoms with E-state index in [1.807, 2.05) is 0 Å². The molecule has 3 rings (SSSR count). The molecular weight excluding hydrogens is 198 g/mol. The van der Waals surface area contributed by atoms with Crippen LogP contribution in [0.2, 0.25) is 0 Å². The number of nitrogens with one attached hydrogen (secondary N) is 2. The number of aromatic nitrogens is 1.